The Morgan fingerprint density at radius 3 is 2.90 bits per heavy atom. The van der Waals surface area contributed by atoms with Crippen LogP contribution in [0.5, 0.6) is 0 Å². The van der Waals surface area contributed by atoms with Crippen LogP contribution >= 0.6 is 0 Å². The Morgan fingerprint density at radius 1 is 1.24 bits per heavy atom. The first-order valence-electron chi connectivity index (χ1n) is 8.39. The topological polar surface area (TPSA) is 24.9 Å². The highest BCUT2D eigenvalue weighted by Gasteiger charge is 2.30. The zero-order chi connectivity index (χ0) is 14.7. The molecule has 1 aromatic heterocycles. The van der Waals surface area contributed by atoms with Gasteiger partial charge in [0.15, 0.2) is 0 Å². The van der Waals surface area contributed by atoms with E-state index in [1.54, 1.807) is 0 Å². The minimum atomic E-state index is 0.484. The van der Waals surface area contributed by atoms with Crippen molar-refractivity contribution >= 4 is 10.9 Å². The number of aromatic nitrogens is 1. The second-order valence-corrected chi connectivity index (χ2v) is 6.34. The maximum Gasteiger partial charge on any atom is 0.0705 e. The van der Waals surface area contributed by atoms with E-state index in [1.165, 1.54) is 36.6 Å². The molecule has 0 bridgehead atoms. The monoisotopic (exact) mass is 282 g/mol. The van der Waals surface area contributed by atoms with Crippen molar-refractivity contribution in [1.29, 1.82) is 0 Å². The van der Waals surface area contributed by atoms with E-state index < -0.39 is 0 Å². The molecule has 0 radical (unpaired) electrons. The fraction of sp³-hybridized carbons (Fsp3) is 0.526. The van der Waals surface area contributed by atoms with Gasteiger partial charge in [0.25, 0.3) is 0 Å². The average molecular weight is 282 g/mol. The van der Waals surface area contributed by atoms with E-state index in [2.05, 4.69) is 48.4 Å². The van der Waals surface area contributed by atoms with Crippen LogP contribution in [0.1, 0.15) is 51.1 Å². The van der Waals surface area contributed by atoms with E-state index in [9.17, 15) is 0 Å². The van der Waals surface area contributed by atoms with Gasteiger partial charge in [-0.3, -0.25) is 4.98 Å². The molecule has 2 nitrogen and oxygen atoms in total. The number of fused-ring (bicyclic) bond motifs is 1. The predicted molar refractivity (Wildman–Crippen MR) is 89.3 cm³/mol. The van der Waals surface area contributed by atoms with Crippen molar-refractivity contribution in [3.05, 3.63) is 42.1 Å². The number of benzene rings is 1. The van der Waals surface area contributed by atoms with Crippen molar-refractivity contribution in [2.45, 2.75) is 45.6 Å². The molecule has 0 spiro atoms. The first kappa shape index (κ1) is 14.5. The van der Waals surface area contributed by atoms with Gasteiger partial charge in [-0.15, -0.1) is 0 Å². The van der Waals surface area contributed by atoms with Gasteiger partial charge in [-0.25, -0.2) is 0 Å². The molecular weight excluding hydrogens is 256 g/mol. The molecule has 1 N–H and O–H groups in total. The number of hydrogen-bond donors (Lipinski definition) is 1. The van der Waals surface area contributed by atoms with Crippen LogP contribution < -0.4 is 5.32 Å². The minimum Gasteiger partial charge on any atom is -0.310 e. The van der Waals surface area contributed by atoms with Gasteiger partial charge in [0, 0.05) is 17.6 Å². The summed E-state index contributed by atoms with van der Waals surface area (Å²) in [5.74, 6) is 1.70. The second kappa shape index (κ2) is 6.57. The fourth-order valence-corrected chi connectivity index (χ4v) is 3.84. The Hall–Kier alpha value is -1.41. The molecule has 2 aromatic rings. The van der Waals surface area contributed by atoms with Crippen LogP contribution in [-0.2, 0) is 0 Å². The molecule has 0 amide bonds. The number of pyridine rings is 1. The summed E-state index contributed by atoms with van der Waals surface area (Å²) in [4.78, 5) is 4.51. The van der Waals surface area contributed by atoms with Crippen LogP contribution in [0.4, 0.5) is 0 Å². The highest BCUT2D eigenvalue weighted by atomic mass is 14.9. The molecule has 1 aliphatic rings. The third kappa shape index (κ3) is 3.11. The maximum atomic E-state index is 4.51. The Kier molecular flexibility index (Phi) is 4.54. The number of nitrogens with zero attached hydrogens (tertiary/aromatic N) is 1. The van der Waals surface area contributed by atoms with Crippen LogP contribution in [0.25, 0.3) is 10.9 Å². The third-order valence-electron chi connectivity index (χ3n) is 5.04. The van der Waals surface area contributed by atoms with Crippen LogP contribution in [0.3, 0.4) is 0 Å². The summed E-state index contributed by atoms with van der Waals surface area (Å²) >= 11 is 0. The van der Waals surface area contributed by atoms with E-state index in [-0.39, 0.29) is 0 Å². The zero-order valence-electron chi connectivity index (χ0n) is 13.2. The lowest BCUT2D eigenvalue weighted by Gasteiger charge is -2.25. The van der Waals surface area contributed by atoms with E-state index >= 15 is 0 Å². The molecule has 1 fully saturated rings. The zero-order valence-corrected chi connectivity index (χ0v) is 13.2. The highest BCUT2D eigenvalue weighted by molar-refractivity contribution is 5.79. The molecule has 1 aromatic carbocycles. The lowest BCUT2D eigenvalue weighted by atomic mass is 9.90. The van der Waals surface area contributed by atoms with Crippen molar-refractivity contribution in [3.8, 4) is 0 Å². The van der Waals surface area contributed by atoms with Gasteiger partial charge in [-0.2, -0.15) is 0 Å². The standard InChI is InChI=1S/C19H26N2/c1-3-14-7-8-16(12-14)19(20-4-2)17-10-9-15-6-5-11-21-18(15)13-17/h5-6,9-11,13-14,16,19-20H,3-4,7-8,12H2,1-2H3. The van der Waals surface area contributed by atoms with Gasteiger partial charge in [0.05, 0.1) is 5.52 Å². The fourth-order valence-electron chi connectivity index (χ4n) is 3.84. The lowest BCUT2D eigenvalue weighted by molar-refractivity contribution is 0.359. The molecule has 0 saturated heterocycles. The Labute approximate surface area is 128 Å². The molecule has 3 rings (SSSR count). The smallest absolute Gasteiger partial charge is 0.0705 e. The van der Waals surface area contributed by atoms with Crippen molar-refractivity contribution < 1.29 is 0 Å². The van der Waals surface area contributed by atoms with Crippen LogP contribution in [0.15, 0.2) is 36.5 Å². The molecule has 112 valence electrons. The Balaban J connectivity index is 1.88. The second-order valence-electron chi connectivity index (χ2n) is 6.34. The van der Waals surface area contributed by atoms with Crippen molar-refractivity contribution in [1.82, 2.24) is 10.3 Å². The number of rotatable bonds is 5. The van der Waals surface area contributed by atoms with Crippen LogP contribution in [0.2, 0.25) is 0 Å². The molecule has 0 aliphatic heterocycles. The van der Waals surface area contributed by atoms with Gasteiger partial charge < -0.3 is 5.32 Å². The first-order chi connectivity index (χ1) is 10.3. The summed E-state index contributed by atoms with van der Waals surface area (Å²) in [7, 11) is 0. The van der Waals surface area contributed by atoms with Gasteiger partial charge in [-0.05, 0) is 48.9 Å². The van der Waals surface area contributed by atoms with Gasteiger partial charge >= 0.3 is 0 Å². The summed E-state index contributed by atoms with van der Waals surface area (Å²) in [6.45, 7) is 5.56. The molecule has 21 heavy (non-hydrogen) atoms. The molecule has 1 aliphatic carbocycles. The predicted octanol–water partition coefficient (Wildman–Crippen LogP) is 4.71. The van der Waals surface area contributed by atoms with Crippen molar-refractivity contribution in [2.75, 3.05) is 6.54 Å². The summed E-state index contributed by atoms with van der Waals surface area (Å²) in [6.07, 6.45) is 7.34. The summed E-state index contributed by atoms with van der Waals surface area (Å²) in [6, 6.07) is 11.4. The molecule has 3 atom stereocenters. The summed E-state index contributed by atoms with van der Waals surface area (Å²) < 4.78 is 0. The maximum absolute atomic E-state index is 4.51. The van der Waals surface area contributed by atoms with Crippen molar-refractivity contribution in [2.24, 2.45) is 11.8 Å². The third-order valence-corrected chi connectivity index (χ3v) is 5.04. The Bertz CT molecular complexity index is 593. The number of hydrogen-bond acceptors (Lipinski definition) is 2. The normalized spacial score (nSPS) is 23.5. The first-order valence-corrected chi connectivity index (χ1v) is 8.39. The Morgan fingerprint density at radius 2 is 2.14 bits per heavy atom. The molecule has 2 heteroatoms. The highest BCUT2D eigenvalue weighted by Crippen LogP contribution is 2.40. The van der Waals surface area contributed by atoms with Gasteiger partial charge in [0.1, 0.15) is 0 Å². The molecule has 3 unspecified atom stereocenters. The minimum absolute atomic E-state index is 0.484. The van der Waals surface area contributed by atoms with E-state index in [0.717, 1.165) is 23.9 Å². The lowest BCUT2D eigenvalue weighted by Crippen LogP contribution is -2.27. The average Bonchev–Trinajstić information content (AvgIpc) is 3.01. The van der Waals surface area contributed by atoms with Crippen molar-refractivity contribution in [3.63, 3.8) is 0 Å². The van der Waals surface area contributed by atoms with Gasteiger partial charge in [0.2, 0.25) is 0 Å². The van der Waals surface area contributed by atoms with E-state index in [4.69, 9.17) is 0 Å². The molecule has 1 heterocycles. The summed E-state index contributed by atoms with van der Waals surface area (Å²) in [5.41, 5.74) is 2.52. The summed E-state index contributed by atoms with van der Waals surface area (Å²) in [5, 5.41) is 4.95. The quantitative estimate of drug-likeness (QED) is 0.859. The van der Waals surface area contributed by atoms with Crippen LogP contribution in [0, 0.1) is 11.8 Å². The molecular formula is C19H26N2. The van der Waals surface area contributed by atoms with E-state index in [1.807, 2.05) is 12.3 Å². The number of nitrogens with one attached hydrogen (secondary N) is 1. The SMILES string of the molecule is CCNC(c1ccc2cccnc2c1)C1CCC(CC)C1. The van der Waals surface area contributed by atoms with Crippen LogP contribution in [-0.4, -0.2) is 11.5 Å². The largest absolute Gasteiger partial charge is 0.310 e. The molecule has 1 saturated carbocycles. The van der Waals surface area contributed by atoms with E-state index in [0.29, 0.717) is 6.04 Å². The van der Waals surface area contributed by atoms with Gasteiger partial charge in [-0.1, -0.05) is 44.9 Å².